The molecule has 0 spiro atoms. The van der Waals surface area contributed by atoms with Gasteiger partial charge in [-0.3, -0.25) is 9.78 Å². The maximum absolute atomic E-state index is 11.9. The van der Waals surface area contributed by atoms with Crippen LogP contribution >= 0.6 is 0 Å². The van der Waals surface area contributed by atoms with E-state index in [4.69, 9.17) is 5.84 Å². The van der Waals surface area contributed by atoms with Crippen LogP contribution in [0.1, 0.15) is 21.7 Å². The molecule has 98 valence electrons. The van der Waals surface area contributed by atoms with E-state index in [-0.39, 0.29) is 5.91 Å². The Balaban J connectivity index is 2.01. The molecule has 0 fully saturated rings. The molecule has 6 nitrogen and oxygen atoms in total. The quantitative estimate of drug-likeness (QED) is 0.561. The number of amides is 1. The van der Waals surface area contributed by atoms with Gasteiger partial charge in [-0.2, -0.15) is 0 Å². The Morgan fingerprint density at radius 3 is 2.95 bits per heavy atom. The molecule has 0 aliphatic rings. The lowest BCUT2D eigenvalue weighted by Gasteiger charge is -2.06. The number of nitrogens with one attached hydrogen (secondary N) is 2. The number of nitrogen functional groups attached to an aromatic ring is 1. The van der Waals surface area contributed by atoms with Crippen molar-refractivity contribution in [3.63, 3.8) is 0 Å². The van der Waals surface area contributed by atoms with Crippen molar-refractivity contribution < 1.29 is 4.79 Å². The van der Waals surface area contributed by atoms with E-state index in [0.717, 1.165) is 11.4 Å². The van der Waals surface area contributed by atoms with Gasteiger partial charge >= 0.3 is 0 Å². The number of hydrogen-bond acceptors (Lipinski definition) is 5. The van der Waals surface area contributed by atoms with Gasteiger partial charge in [-0.25, -0.2) is 10.8 Å². The van der Waals surface area contributed by atoms with Gasteiger partial charge in [-0.15, -0.1) is 0 Å². The molecule has 0 aromatic carbocycles. The summed E-state index contributed by atoms with van der Waals surface area (Å²) in [5.41, 5.74) is 4.64. The minimum Gasteiger partial charge on any atom is -0.346 e. The van der Waals surface area contributed by atoms with E-state index in [0.29, 0.717) is 17.9 Å². The lowest BCUT2D eigenvalue weighted by atomic mass is 10.2. The number of hydrogen-bond donors (Lipinski definition) is 3. The maximum Gasteiger partial charge on any atom is 0.251 e. The highest BCUT2D eigenvalue weighted by Gasteiger charge is 2.06. The van der Waals surface area contributed by atoms with Crippen LogP contribution in [0.2, 0.25) is 0 Å². The molecule has 0 aliphatic heterocycles. The Morgan fingerprint density at radius 1 is 1.37 bits per heavy atom. The lowest BCUT2D eigenvalue weighted by Crippen LogP contribution is -2.23. The zero-order chi connectivity index (χ0) is 13.7. The highest BCUT2D eigenvalue weighted by Crippen LogP contribution is 2.05. The molecule has 2 heterocycles. The minimum atomic E-state index is -0.192. The fraction of sp³-hybridized carbons (Fsp3) is 0.154. The van der Waals surface area contributed by atoms with Gasteiger partial charge in [0, 0.05) is 17.5 Å². The first-order valence-corrected chi connectivity index (χ1v) is 5.82. The fourth-order valence-electron chi connectivity index (χ4n) is 1.62. The van der Waals surface area contributed by atoms with Crippen molar-refractivity contribution in [3.05, 3.63) is 53.5 Å². The molecule has 2 rings (SSSR count). The number of hydrazine groups is 1. The van der Waals surface area contributed by atoms with Crippen LogP contribution in [0.5, 0.6) is 0 Å². The monoisotopic (exact) mass is 257 g/mol. The third-order valence-electron chi connectivity index (χ3n) is 2.55. The first-order valence-electron chi connectivity index (χ1n) is 5.82. The van der Waals surface area contributed by atoms with E-state index in [1.165, 1.54) is 6.20 Å². The maximum atomic E-state index is 11.9. The van der Waals surface area contributed by atoms with Crippen molar-refractivity contribution >= 4 is 11.7 Å². The SMILES string of the molecule is Cc1cccc(CNC(=O)c2ccnc(NN)c2)n1. The first kappa shape index (κ1) is 13.0. The molecule has 2 aromatic heterocycles. The zero-order valence-electron chi connectivity index (χ0n) is 10.6. The molecule has 0 saturated carbocycles. The van der Waals surface area contributed by atoms with Crippen molar-refractivity contribution in [3.8, 4) is 0 Å². The Bertz CT molecular complexity index is 585. The summed E-state index contributed by atoms with van der Waals surface area (Å²) in [4.78, 5) is 20.2. The second-order valence-electron chi connectivity index (χ2n) is 4.03. The molecular weight excluding hydrogens is 242 g/mol. The lowest BCUT2D eigenvalue weighted by molar-refractivity contribution is 0.0950. The van der Waals surface area contributed by atoms with E-state index in [9.17, 15) is 4.79 Å². The van der Waals surface area contributed by atoms with Crippen LogP contribution in [-0.2, 0) is 6.54 Å². The molecule has 0 saturated heterocycles. The molecule has 19 heavy (non-hydrogen) atoms. The third kappa shape index (κ3) is 3.49. The molecule has 6 heteroatoms. The fourth-order valence-corrected chi connectivity index (χ4v) is 1.62. The number of rotatable bonds is 4. The Labute approximate surface area is 111 Å². The number of carbonyl (C=O) groups is 1. The first-order chi connectivity index (χ1) is 9.19. The van der Waals surface area contributed by atoms with Gasteiger partial charge in [0.1, 0.15) is 5.82 Å². The van der Waals surface area contributed by atoms with Crippen LogP contribution in [0.3, 0.4) is 0 Å². The largest absolute Gasteiger partial charge is 0.346 e. The number of aryl methyl sites for hydroxylation is 1. The van der Waals surface area contributed by atoms with Crippen LogP contribution < -0.4 is 16.6 Å². The van der Waals surface area contributed by atoms with Crippen molar-refractivity contribution in [2.45, 2.75) is 13.5 Å². The molecule has 4 N–H and O–H groups in total. The highest BCUT2D eigenvalue weighted by molar-refractivity contribution is 5.94. The van der Waals surface area contributed by atoms with Crippen LogP contribution in [0.4, 0.5) is 5.82 Å². The zero-order valence-corrected chi connectivity index (χ0v) is 10.6. The number of aromatic nitrogens is 2. The summed E-state index contributed by atoms with van der Waals surface area (Å²) in [5, 5.41) is 2.80. The van der Waals surface area contributed by atoms with Crippen molar-refractivity contribution in [2.75, 3.05) is 5.43 Å². The summed E-state index contributed by atoms with van der Waals surface area (Å²) in [6.45, 7) is 2.29. The third-order valence-corrected chi connectivity index (χ3v) is 2.55. The van der Waals surface area contributed by atoms with Crippen molar-refractivity contribution in [2.24, 2.45) is 5.84 Å². The molecule has 1 amide bonds. The number of nitrogens with two attached hydrogens (primary N) is 1. The average molecular weight is 257 g/mol. The Kier molecular flexibility index (Phi) is 4.04. The van der Waals surface area contributed by atoms with E-state index in [2.05, 4.69) is 20.7 Å². The second-order valence-corrected chi connectivity index (χ2v) is 4.03. The number of pyridine rings is 2. The van der Waals surface area contributed by atoms with Gasteiger partial charge in [-0.1, -0.05) is 6.07 Å². The molecule has 0 aliphatic carbocycles. The van der Waals surface area contributed by atoms with Gasteiger partial charge in [0.25, 0.3) is 5.91 Å². The standard InChI is InChI=1S/C13H15N5O/c1-9-3-2-4-11(17-9)8-16-13(19)10-5-6-15-12(7-10)18-14/h2-7H,8,14H2,1H3,(H,15,18)(H,16,19). The summed E-state index contributed by atoms with van der Waals surface area (Å²) in [7, 11) is 0. The Morgan fingerprint density at radius 2 is 2.21 bits per heavy atom. The van der Waals surface area contributed by atoms with E-state index in [1.807, 2.05) is 25.1 Å². The van der Waals surface area contributed by atoms with Crippen LogP contribution in [0.25, 0.3) is 0 Å². The summed E-state index contributed by atoms with van der Waals surface area (Å²) in [6, 6.07) is 8.89. The molecule has 0 radical (unpaired) electrons. The smallest absolute Gasteiger partial charge is 0.251 e. The molecule has 0 unspecified atom stereocenters. The second kappa shape index (κ2) is 5.92. The van der Waals surface area contributed by atoms with Gasteiger partial charge in [-0.05, 0) is 31.2 Å². The number of nitrogens with zero attached hydrogens (tertiary/aromatic N) is 2. The minimum absolute atomic E-state index is 0.192. The Hall–Kier alpha value is -2.47. The van der Waals surface area contributed by atoms with Gasteiger partial charge in [0.05, 0.1) is 12.2 Å². The van der Waals surface area contributed by atoms with Gasteiger partial charge in [0.15, 0.2) is 0 Å². The summed E-state index contributed by atoms with van der Waals surface area (Å²) in [5.74, 6) is 5.50. The van der Waals surface area contributed by atoms with E-state index < -0.39 is 0 Å². The molecule has 0 bridgehead atoms. The molecular formula is C13H15N5O. The van der Waals surface area contributed by atoms with E-state index >= 15 is 0 Å². The number of carbonyl (C=O) groups excluding carboxylic acids is 1. The van der Waals surface area contributed by atoms with E-state index in [1.54, 1.807) is 12.1 Å². The summed E-state index contributed by atoms with van der Waals surface area (Å²) >= 11 is 0. The average Bonchev–Trinajstić information content (AvgIpc) is 2.45. The van der Waals surface area contributed by atoms with Crippen molar-refractivity contribution in [1.29, 1.82) is 0 Å². The normalized spacial score (nSPS) is 10.0. The van der Waals surface area contributed by atoms with Gasteiger partial charge in [0.2, 0.25) is 0 Å². The van der Waals surface area contributed by atoms with Crippen LogP contribution in [-0.4, -0.2) is 15.9 Å². The highest BCUT2D eigenvalue weighted by atomic mass is 16.1. The summed E-state index contributed by atoms with van der Waals surface area (Å²) in [6.07, 6.45) is 1.52. The van der Waals surface area contributed by atoms with Crippen LogP contribution in [0.15, 0.2) is 36.5 Å². The topological polar surface area (TPSA) is 92.9 Å². The number of anilines is 1. The predicted molar refractivity (Wildman–Crippen MR) is 72.2 cm³/mol. The summed E-state index contributed by atoms with van der Waals surface area (Å²) < 4.78 is 0. The molecule has 2 aromatic rings. The van der Waals surface area contributed by atoms with Gasteiger partial charge < -0.3 is 10.7 Å². The predicted octanol–water partition coefficient (Wildman–Crippen LogP) is 1.00. The van der Waals surface area contributed by atoms with Crippen LogP contribution in [0, 0.1) is 6.92 Å². The van der Waals surface area contributed by atoms with Crippen molar-refractivity contribution in [1.82, 2.24) is 15.3 Å². The molecule has 0 atom stereocenters.